The van der Waals surface area contributed by atoms with E-state index in [1.165, 1.54) is 11.3 Å². The number of amides is 1. The van der Waals surface area contributed by atoms with Gasteiger partial charge in [0, 0.05) is 30.5 Å². The number of hydrogen-bond donors (Lipinski definition) is 1. The third kappa shape index (κ3) is 4.00. The summed E-state index contributed by atoms with van der Waals surface area (Å²) in [6.45, 7) is 3.89. The van der Waals surface area contributed by atoms with Gasteiger partial charge in [-0.15, -0.1) is 11.3 Å². The minimum absolute atomic E-state index is 0.0769. The second-order valence-corrected chi connectivity index (χ2v) is 7.00. The van der Waals surface area contributed by atoms with Crippen LogP contribution in [-0.4, -0.2) is 46.6 Å². The molecule has 0 bridgehead atoms. The van der Waals surface area contributed by atoms with Gasteiger partial charge in [-0.2, -0.15) is 11.8 Å². The minimum atomic E-state index is 0.0769. The first kappa shape index (κ1) is 14.4. The predicted octanol–water partition coefficient (Wildman–Crippen LogP) is 2.06. The Kier molecular flexibility index (Phi) is 5.32. The Balaban J connectivity index is 2.02. The zero-order chi connectivity index (χ0) is 13.7. The van der Waals surface area contributed by atoms with Crippen LogP contribution in [-0.2, 0) is 0 Å². The van der Waals surface area contributed by atoms with E-state index in [4.69, 9.17) is 5.11 Å². The van der Waals surface area contributed by atoms with Gasteiger partial charge in [0.1, 0.15) is 0 Å². The SMILES string of the molecule is CC1CN(C(=O)c2ccc(C#CCCO)s2)CCS1. The molecule has 1 atom stereocenters. The largest absolute Gasteiger partial charge is 0.395 e. The van der Waals surface area contributed by atoms with Gasteiger partial charge in [0.2, 0.25) is 0 Å². The average molecular weight is 295 g/mol. The topological polar surface area (TPSA) is 40.5 Å². The number of nitrogens with zero attached hydrogens (tertiary/aromatic N) is 1. The third-order valence-corrected chi connectivity index (χ3v) is 4.92. The molecule has 19 heavy (non-hydrogen) atoms. The molecule has 0 aromatic carbocycles. The van der Waals surface area contributed by atoms with Crippen molar-refractivity contribution in [3.8, 4) is 11.8 Å². The van der Waals surface area contributed by atoms with Crippen molar-refractivity contribution in [2.24, 2.45) is 0 Å². The van der Waals surface area contributed by atoms with E-state index in [-0.39, 0.29) is 12.5 Å². The van der Waals surface area contributed by atoms with Gasteiger partial charge in [0.05, 0.1) is 16.4 Å². The molecule has 1 unspecified atom stereocenters. The van der Waals surface area contributed by atoms with Gasteiger partial charge in [-0.25, -0.2) is 0 Å². The van der Waals surface area contributed by atoms with Gasteiger partial charge in [-0.05, 0) is 12.1 Å². The smallest absolute Gasteiger partial charge is 0.264 e. The molecule has 1 fully saturated rings. The Bertz CT molecular complexity index is 501. The number of rotatable bonds is 2. The van der Waals surface area contributed by atoms with Crippen molar-refractivity contribution in [1.82, 2.24) is 4.90 Å². The van der Waals surface area contributed by atoms with E-state index < -0.39 is 0 Å². The van der Waals surface area contributed by atoms with Crippen molar-refractivity contribution in [2.45, 2.75) is 18.6 Å². The van der Waals surface area contributed by atoms with Gasteiger partial charge in [-0.3, -0.25) is 4.79 Å². The number of hydrogen-bond acceptors (Lipinski definition) is 4. The number of aliphatic hydroxyl groups excluding tert-OH is 1. The molecule has 1 aliphatic heterocycles. The molecule has 0 aliphatic carbocycles. The van der Waals surface area contributed by atoms with E-state index in [0.717, 1.165) is 28.6 Å². The van der Waals surface area contributed by atoms with Crippen molar-refractivity contribution >= 4 is 29.0 Å². The molecule has 0 radical (unpaired) electrons. The van der Waals surface area contributed by atoms with Gasteiger partial charge in [0.15, 0.2) is 0 Å². The summed E-state index contributed by atoms with van der Waals surface area (Å²) >= 11 is 3.35. The molecular weight excluding hydrogens is 278 g/mol. The van der Waals surface area contributed by atoms with E-state index in [2.05, 4.69) is 18.8 Å². The minimum Gasteiger partial charge on any atom is -0.395 e. The summed E-state index contributed by atoms with van der Waals surface area (Å²) in [5, 5.41) is 9.19. The highest BCUT2D eigenvalue weighted by molar-refractivity contribution is 7.99. The number of carbonyl (C=O) groups is 1. The lowest BCUT2D eigenvalue weighted by Gasteiger charge is -2.30. The number of thiophene rings is 1. The molecule has 0 spiro atoms. The molecule has 2 rings (SSSR count). The van der Waals surface area contributed by atoms with Crippen LogP contribution >= 0.6 is 23.1 Å². The van der Waals surface area contributed by atoms with Crippen LogP contribution in [0.2, 0.25) is 0 Å². The van der Waals surface area contributed by atoms with E-state index in [9.17, 15) is 4.79 Å². The van der Waals surface area contributed by atoms with Crippen molar-refractivity contribution in [3.05, 3.63) is 21.9 Å². The predicted molar refractivity (Wildman–Crippen MR) is 80.7 cm³/mol. The molecule has 1 aliphatic rings. The van der Waals surface area contributed by atoms with Crippen LogP contribution < -0.4 is 0 Å². The van der Waals surface area contributed by atoms with Gasteiger partial charge in [-0.1, -0.05) is 18.8 Å². The quantitative estimate of drug-likeness (QED) is 0.849. The molecule has 3 nitrogen and oxygen atoms in total. The fourth-order valence-corrected chi connectivity index (χ4v) is 3.75. The molecule has 102 valence electrons. The summed E-state index contributed by atoms with van der Waals surface area (Å²) in [5.41, 5.74) is 0. The lowest BCUT2D eigenvalue weighted by molar-refractivity contribution is 0.0768. The molecular formula is C14H17NO2S2. The first-order valence-electron chi connectivity index (χ1n) is 6.31. The molecule has 1 aromatic rings. The van der Waals surface area contributed by atoms with Crippen LogP contribution in [0.25, 0.3) is 0 Å². The summed E-state index contributed by atoms with van der Waals surface area (Å²) < 4.78 is 0. The van der Waals surface area contributed by atoms with E-state index >= 15 is 0 Å². The van der Waals surface area contributed by atoms with E-state index in [1.54, 1.807) is 0 Å². The van der Waals surface area contributed by atoms with Crippen molar-refractivity contribution < 1.29 is 9.90 Å². The van der Waals surface area contributed by atoms with Crippen LogP contribution in [0.15, 0.2) is 12.1 Å². The maximum atomic E-state index is 12.3. The van der Waals surface area contributed by atoms with Gasteiger partial charge >= 0.3 is 0 Å². The Morgan fingerprint density at radius 1 is 1.58 bits per heavy atom. The molecule has 5 heteroatoms. The maximum Gasteiger partial charge on any atom is 0.264 e. The Hall–Kier alpha value is -0.960. The van der Waals surface area contributed by atoms with Crippen LogP contribution in [0.5, 0.6) is 0 Å². The maximum absolute atomic E-state index is 12.3. The third-order valence-electron chi connectivity index (χ3n) is 2.79. The van der Waals surface area contributed by atoms with Crippen LogP contribution in [0.3, 0.4) is 0 Å². The fraction of sp³-hybridized carbons (Fsp3) is 0.500. The average Bonchev–Trinajstić information content (AvgIpc) is 2.87. The van der Waals surface area contributed by atoms with E-state index in [1.807, 2.05) is 28.8 Å². The van der Waals surface area contributed by atoms with Crippen molar-refractivity contribution in [3.63, 3.8) is 0 Å². The van der Waals surface area contributed by atoms with Crippen LogP contribution in [0, 0.1) is 11.8 Å². The van der Waals surface area contributed by atoms with Gasteiger partial charge in [0.25, 0.3) is 5.91 Å². The van der Waals surface area contributed by atoms with Crippen LogP contribution in [0.4, 0.5) is 0 Å². The first-order valence-corrected chi connectivity index (χ1v) is 8.17. The number of aliphatic hydroxyl groups is 1. The highest BCUT2D eigenvalue weighted by atomic mass is 32.2. The summed E-state index contributed by atoms with van der Waals surface area (Å²) in [5.74, 6) is 6.97. The summed E-state index contributed by atoms with van der Waals surface area (Å²) in [7, 11) is 0. The number of thioether (sulfide) groups is 1. The second kappa shape index (κ2) is 6.99. The van der Waals surface area contributed by atoms with Crippen molar-refractivity contribution in [1.29, 1.82) is 0 Å². The Morgan fingerprint density at radius 2 is 2.42 bits per heavy atom. The zero-order valence-electron chi connectivity index (χ0n) is 10.9. The molecule has 1 N–H and O–H groups in total. The molecule has 1 amide bonds. The van der Waals surface area contributed by atoms with Crippen molar-refractivity contribution in [2.75, 3.05) is 25.4 Å². The molecule has 1 aromatic heterocycles. The van der Waals surface area contributed by atoms with Gasteiger partial charge < -0.3 is 10.0 Å². The Morgan fingerprint density at radius 3 is 3.16 bits per heavy atom. The fourth-order valence-electron chi connectivity index (χ4n) is 1.88. The first-order chi connectivity index (χ1) is 9.20. The normalized spacial score (nSPS) is 18.8. The van der Waals surface area contributed by atoms with Crippen LogP contribution in [0.1, 0.15) is 27.9 Å². The summed E-state index contributed by atoms with van der Waals surface area (Å²) in [6.07, 6.45) is 0.474. The zero-order valence-corrected chi connectivity index (χ0v) is 12.5. The lowest BCUT2D eigenvalue weighted by atomic mass is 10.3. The highest BCUT2D eigenvalue weighted by Gasteiger charge is 2.23. The second-order valence-electron chi connectivity index (χ2n) is 4.37. The number of carbonyl (C=O) groups excluding carboxylic acids is 1. The standard InChI is InChI=1S/C14H17NO2S2/c1-11-10-15(7-9-18-11)14(17)13-6-5-12(19-13)4-2-3-8-16/h5-6,11,16H,3,7-10H2,1H3. The molecule has 1 saturated heterocycles. The Labute approximate surface area is 122 Å². The monoisotopic (exact) mass is 295 g/mol. The van der Waals surface area contributed by atoms with E-state index in [0.29, 0.717) is 11.7 Å². The highest BCUT2D eigenvalue weighted by Crippen LogP contribution is 2.22. The summed E-state index contributed by atoms with van der Waals surface area (Å²) in [6, 6.07) is 3.73. The molecule has 0 saturated carbocycles. The lowest BCUT2D eigenvalue weighted by Crippen LogP contribution is -2.40. The summed E-state index contributed by atoms with van der Waals surface area (Å²) in [4.78, 5) is 15.9. The molecule has 2 heterocycles.